The topological polar surface area (TPSA) is 46.3 Å². The third-order valence-electron chi connectivity index (χ3n) is 4.94. The van der Waals surface area contributed by atoms with Gasteiger partial charge in [-0.15, -0.1) is 12.4 Å². The molecule has 0 bridgehead atoms. The molecule has 1 aliphatic heterocycles. The van der Waals surface area contributed by atoms with Gasteiger partial charge in [-0.2, -0.15) is 0 Å². The summed E-state index contributed by atoms with van der Waals surface area (Å²) in [7, 11) is 0. The third kappa shape index (κ3) is 4.35. The molecule has 0 radical (unpaired) electrons. The molecule has 1 amide bonds. The van der Waals surface area contributed by atoms with Crippen LogP contribution >= 0.6 is 12.4 Å². The Morgan fingerprint density at radius 2 is 1.84 bits per heavy atom. The number of carbonyl (C=O) groups is 1. The molecule has 3 nitrogen and oxygen atoms in total. The van der Waals surface area contributed by atoms with E-state index in [0.717, 1.165) is 44.8 Å². The van der Waals surface area contributed by atoms with Gasteiger partial charge in [0, 0.05) is 19.0 Å². The van der Waals surface area contributed by atoms with Crippen molar-refractivity contribution in [3.8, 4) is 0 Å². The molecule has 0 aromatic heterocycles. The van der Waals surface area contributed by atoms with Gasteiger partial charge in [0.25, 0.3) is 0 Å². The van der Waals surface area contributed by atoms with E-state index < -0.39 is 0 Å². The Kier molecular flexibility index (Phi) is 7.16. The normalized spacial score (nSPS) is 31.7. The molecule has 2 fully saturated rings. The minimum Gasteiger partial charge on any atom is -0.342 e. The van der Waals surface area contributed by atoms with Crippen molar-refractivity contribution in [3.05, 3.63) is 0 Å². The summed E-state index contributed by atoms with van der Waals surface area (Å²) in [5, 5.41) is 0. The van der Waals surface area contributed by atoms with E-state index in [1.165, 1.54) is 25.7 Å². The lowest BCUT2D eigenvalue weighted by molar-refractivity contribution is -0.138. The van der Waals surface area contributed by atoms with E-state index in [1.807, 2.05) is 0 Å². The Morgan fingerprint density at radius 3 is 2.42 bits per heavy atom. The van der Waals surface area contributed by atoms with Crippen LogP contribution in [0.2, 0.25) is 0 Å². The van der Waals surface area contributed by atoms with Crippen LogP contribution in [0.4, 0.5) is 0 Å². The Morgan fingerprint density at radius 1 is 1.16 bits per heavy atom. The summed E-state index contributed by atoms with van der Waals surface area (Å²) in [4.78, 5) is 14.6. The SMILES string of the molecule is CCC1CCC(C(=O)N2CCCC(CN)C2)CC1.Cl. The number of likely N-dealkylation sites (tertiary alicyclic amines) is 1. The standard InChI is InChI=1S/C15H28N2O.ClH/c1-2-12-5-7-14(8-6-12)15(18)17-9-3-4-13(10-16)11-17;/h12-14H,2-11,16H2,1H3;1H. The van der Waals surface area contributed by atoms with Crippen molar-refractivity contribution in [3.63, 3.8) is 0 Å². The number of halogens is 1. The fourth-order valence-electron chi connectivity index (χ4n) is 3.53. The second kappa shape index (κ2) is 8.11. The van der Waals surface area contributed by atoms with Gasteiger partial charge in [-0.1, -0.05) is 13.3 Å². The lowest BCUT2D eigenvalue weighted by Crippen LogP contribution is -2.45. The van der Waals surface area contributed by atoms with Crippen molar-refractivity contribution in [2.75, 3.05) is 19.6 Å². The Labute approximate surface area is 123 Å². The molecule has 2 N–H and O–H groups in total. The molecule has 19 heavy (non-hydrogen) atoms. The zero-order valence-corrected chi connectivity index (χ0v) is 13.0. The van der Waals surface area contributed by atoms with Crippen LogP contribution < -0.4 is 5.73 Å². The summed E-state index contributed by atoms with van der Waals surface area (Å²) in [6.45, 7) is 4.86. The van der Waals surface area contributed by atoms with Crippen LogP contribution in [0.1, 0.15) is 51.9 Å². The highest BCUT2D eigenvalue weighted by atomic mass is 35.5. The van der Waals surface area contributed by atoms with Gasteiger partial charge in [0.2, 0.25) is 5.91 Å². The van der Waals surface area contributed by atoms with Gasteiger partial charge in [-0.05, 0) is 56.9 Å². The third-order valence-corrected chi connectivity index (χ3v) is 4.94. The number of piperidine rings is 1. The van der Waals surface area contributed by atoms with Crippen LogP contribution in [0.5, 0.6) is 0 Å². The fraction of sp³-hybridized carbons (Fsp3) is 0.933. The lowest BCUT2D eigenvalue weighted by Gasteiger charge is -2.36. The number of nitrogens with two attached hydrogens (primary N) is 1. The van der Waals surface area contributed by atoms with Gasteiger partial charge in [0.05, 0.1) is 0 Å². The quantitative estimate of drug-likeness (QED) is 0.868. The second-order valence-corrected chi connectivity index (χ2v) is 6.15. The number of rotatable bonds is 3. The van der Waals surface area contributed by atoms with Crippen molar-refractivity contribution < 1.29 is 4.79 Å². The highest BCUT2D eigenvalue weighted by Crippen LogP contribution is 2.32. The molecule has 0 aromatic rings. The first-order chi connectivity index (χ1) is 8.74. The monoisotopic (exact) mass is 288 g/mol. The average Bonchev–Trinajstić information content (AvgIpc) is 2.46. The first-order valence-electron chi connectivity index (χ1n) is 7.73. The molecule has 0 aromatic carbocycles. The molecule has 1 heterocycles. The minimum absolute atomic E-state index is 0. The number of hydrogen-bond acceptors (Lipinski definition) is 2. The predicted octanol–water partition coefficient (Wildman–Crippen LogP) is 2.82. The van der Waals surface area contributed by atoms with Crippen LogP contribution in [0.3, 0.4) is 0 Å². The molecule has 2 aliphatic rings. The molecule has 1 saturated heterocycles. The van der Waals surface area contributed by atoms with Gasteiger partial charge in [0.15, 0.2) is 0 Å². The molecular formula is C15H29ClN2O. The molecular weight excluding hydrogens is 260 g/mol. The van der Waals surface area contributed by atoms with Gasteiger partial charge in [-0.25, -0.2) is 0 Å². The fourth-order valence-corrected chi connectivity index (χ4v) is 3.53. The van der Waals surface area contributed by atoms with Gasteiger partial charge in [-0.3, -0.25) is 4.79 Å². The van der Waals surface area contributed by atoms with Crippen LogP contribution in [0.25, 0.3) is 0 Å². The Bertz CT molecular complexity index is 277. The largest absolute Gasteiger partial charge is 0.342 e. The van der Waals surface area contributed by atoms with Gasteiger partial charge >= 0.3 is 0 Å². The van der Waals surface area contributed by atoms with Crippen molar-refractivity contribution in [1.82, 2.24) is 4.90 Å². The van der Waals surface area contributed by atoms with E-state index in [1.54, 1.807) is 0 Å². The van der Waals surface area contributed by atoms with Crippen LogP contribution in [0, 0.1) is 17.8 Å². The summed E-state index contributed by atoms with van der Waals surface area (Å²) < 4.78 is 0. The van der Waals surface area contributed by atoms with E-state index in [0.29, 0.717) is 17.7 Å². The van der Waals surface area contributed by atoms with E-state index in [4.69, 9.17) is 5.73 Å². The Balaban J connectivity index is 0.00000180. The number of hydrogen-bond donors (Lipinski definition) is 1. The summed E-state index contributed by atoms with van der Waals surface area (Å²) in [6, 6.07) is 0. The van der Waals surface area contributed by atoms with E-state index in [-0.39, 0.29) is 12.4 Å². The van der Waals surface area contributed by atoms with Crippen molar-refractivity contribution >= 4 is 18.3 Å². The van der Waals surface area contributed by atoms with Gasteiger partial charge < -0.3 is 10.6 Å². The number of nitrogens with zero attached hydrogens (tertiary/aromatic N) is 1. The maximum Gasteiger partial charge on any atom is 0.225 e. The molecule has 0 spiro atoms. The molecule has 1 aliphatic carbocycles. The lowest BCUT2D eigenvalue weighted by atomic mass is 9.80. The number of carbonyl (C=O) groups excluding carboxylic acids is 1. The molecule has 1 atom stereocenters. The maximum atomic E-state index is 12.5. The zero-order valence-electron chi connectivity index (χ0n) is 12.1. The molecule has 2 rings (SSSR count). The first-order valence-corrected chi connectivity index (χ1v) is 7.73. The van der Waals surface area contributed by atoms with Gasteiger partial charge in [0.1, 0.15) is 0 Å². The highest BCUT2D eigenvalue weighted by molar-refractivity contribution is 5.85. The van der Waals surface area contributed by atoms with Crippen molar-refractivity contribution in [1.29, 1.82) is 0 Å². The summed E-state index contributed by atoms with van der Waals surface area (Å²) in [5.41, 5.74) is 5.74. The van der Waals surface area contributed by atoms with Crippen LogP contribution in [0.15, 0.2) is 0 Å². The summed E-state index contributed by atoms with van der Waals surface area (Å²) in [6.07, 6.45) is 8.34. The van der Waals surface area contributed by atoms with Crippen LogP contribution in [-0.4, -0.2) is 30.4 Å². The van der Waals surface area contributed by atoms with Crippen LogP contribution in [-0.2, 0) is 4.79 Å². The summed E-state index contributed by atoms with van der Waals surface area (Å²) in [5.74, 6) is 2.13. The van der Waals surface area contributed by atoms with Crippen molar-refractivity contribution in [2.24, 2.45) is 23.5 Å². The summed E-state index contributed by atoms with van der Waals surface area (Å²) >= 11 is 0. The van der Waals surface area contributed by atoms with E-state index in [9.17, 15) is 4.79 Å². The molecule has 1 unspecified atom stereocenters. The van der Waals surface area contributed by atoms with E-state index in [2.05, 4.69) is 11.8 Å². The second-order valence-electron chi connectivity index (χ2n) is 6.15. The smallest absolute Gasteiger partial charge is 0.225 e. The average molecular weight is 289 g/mol. The predicted molar refractivity (Wildman–Crippen MR) is 81.3 cm³/mol. The molecule has 112 valence electrons. The first kappa shape index (κ1) is 16.8. The maximum absolute atomic E-state index is 12.5. The molecule has 1 saturated carbocycles. The zero-order chi connectivity index (χ0) is 13.0. The van der Waals surface area contributed by atoms with E-state index >= 15 is 0 Å². The Hall–Kier alpha value is -0.280. The molecule has 4 heteroatoms. The number of amides is 1. The highest BCUT2D eigenvalue weighted by Gasteiger charge is 2.31. The van der Waals surface area contributed by atoms with Crippen molar-refractivity contribution in [2.45, 2.75) is 51.9 Å². The minimum atomic E-state index is 0.